The van der Waals surface area contributed by atoms with Crippen molar-refractivity contribution in [2.75, 3.05) is 38.6 Å². The average Bonchev–Trinajstić information content (AvgIpc) is 2.80. The Morgan fingerprint density at radius 3 is 2.40 bits per heavy atom. The number of hydrogen-bond acceptors (Lipinski definition) is 6. The highest BCUT2D eigenvalue weighted by molar-refractivity contribution is 5.99. The van der Waals surface area contributed by atoms with E-state index in [4.69, 9.17) is 4.74 Å². The predicted octanol–water partition coefficient (Wildman–Crippen LogP) is 2.64. The van der Waals surface area contributed by atoms with E-state index in [0.717, 1.165) is 19.6 Å². The van der Waals surface area contributed by atoms with Gasteiger partial charge in [0.25, 0.3) is 5.91 Å². The first kappa shape index (κ1) is 21.1. The summed E-state index contributed by atoms with van der Waals surface area (Å²) in [5.74, 6) is -0.814. The molecule has 0 aliphatic carbocycles. The Morgan fingerprint density at radius 2 is 1.73 bits per heavy atom. The summed E-state index contributed by atoms with van der Waals surface area (Å²) < 4.78 is 4.76. The molecule has 1 saturated heterocycles. The monoisotopic (exact) mass is 404 g/mol. The second-order valence-electron chi connectivity index (χ2n) is 6.91. The fourth-order valence-corrected chi connectivity index (χ4v) is 3.31. The van der Waals surface area contributed by atoms with E-state index >= 15 is 0 Å². The molecule has 2 aromatic carbocycles. The van der Waals surface area contributed by atoms with Crippen LogP contribution in [-0.4, -0.2) is 55.0 Å². The summed E-state index contributed by atoms with van der Waals surface area (Å²) in [6, 6.07) is 18.9. The summed E-state index contributed by atoms with van der Waals surface area (Å²) in [6.07, 6.45) is 1.35. The fourth-order valence-electron chi connectivity index (χ4n) is 3.31. The molecule has 0 spiro atoms. The molecule has 0 atom stereocenters. The standard InChI is InChI=1S/C23H24N4O3/c1-30-23(29)20-9-5-6-10-21(20)25-16-19(15-24)22(28)27-13-11-26(12-14-27)17-18-7-3-2-4-8-18/h2-10,16,25H,11-14,17H2,1H3/b19-16-. The third-order valence-electron chi connectivity index (χ3n) is 4.96. The Labute approximate surface area is 176 Å². The predicted molar refractivity (Wildman–Crippen MR) is 113 cm³/mol. The van der Waals surface area contributed by atoms with Crippen molar-refractivity contribution in [3.05, 3.63) is 77.5 Å². The SMILES string of the molecule is COC(=O)c1ccccc1N/C=C(/C#N)C(=O)N1CCN(Cc2ccccc2)CC1. The first-order valence-electron chi connectivity index (χ1n) is 9.72. The molecular formula is C23H24N4O3. The number of carbonyl (C=O) groups is 2. The van der Waals surface area contributed by atoms with Gasteiger partial charge >= 0.3 is 5.97 Å². The molecule has 0 radical (unpaired) electrons. The summed E-state index contributed by atoms with van der Waals surface area (Å²) in [6.45, 7) is 3.46. The number of nitrogens with zero attached hydrogens (tertiary/aromatic N) is 3. The van der Waals surface area contributed by atoms with Crippen LogP contribution in [0.5, 0.6) is 0 Å². The van der Waals surface area contributed by atoms with Crippen molar-refractivity contribution in [2.24, 2.45) is 0 Å². The van der Waals surface area contributed by atoms with Crippen LogP contribution in [0, 0.1) is 11.3 Å². The van der Waals surface area contributed by atoms with Gasteiger partial charge in [0.15, 0.2) is 0 Å². The molecule has 0 unspecified atom stereocenters. The van der Waals surface area contributed by atoms with Gasteiger partial charge in [0.2, 0.25) is 0 Å². The van der Waals surface area contributed by atoms with Crippen LogP contribution in [0.3, 0.4) is 0 Å². The minimum absolute atomic E-state index is 0.00817. The third-order valence-corrected chi connectivity index (χ3v) is 4.96. The molecule has 1 aliphatic heterocycles. The lowest BCUT2D eigenvalue weighted by Crippen LogP contribution is -2.48. The number of benzene rings is 2. The van der Waals surface area contributed by atoms with Gasteiger partial charge in [-0.2, -0.15) is 5.26 Å². The number of nitriles is 1. The molecule has 2 aromatic rings. The molecule has 1 fully saturated rings. The Morgan fingerprint density at radius 1 is 1.07 bits per heavy atom. The summed E-state index contributed by atoms with van der Waals surface area (Å²) in [7, 11) is 1.30. The van der Waals surface area contributed by atoms with E-state index < -0.39 is 5.97 Å². The van der Waals surface area contributed by atoms with Crippen molar-refractivity contribution in [3.63, 3.8) is 0 Å². The number of hydrogen-bond donors (Lipinski definition) is 1. The number of anilines is 1. The van der Waals surface area contributed by atoms with Gasteiger partial charge in [-0.25, -0.2) is 4.79 Å². The van der Waals surface area contributed by atoms with Gasteiger partial charge in [0.1, 0.15) is 11.6 Å². The van der Waals surface area contributed by atoms with Crippen molar-refractivity contribution in [1.29, 1.82) is 5.26 Å². The molecule has 1 aliphatic rings. The first-order chi connectivity index (χ1) is 14.6. The van der Waals surface area contributed by atoms with Gasteiger partial charge < -0.3 is 15.0 Å². The largest absolute Gasteiger partial charge is 0.465 e. The maximum atomic E-state index is 12.8. The van der Waals surface area contributed by atoms with Crippen LogP contribution in [0.15, 0.2) is 66.4 Å². The summed E-state index contributed by atoms with van der Waals surface area (Å²) in [5, 5.41) is 12.4. The highest BCUT2D eigenvalue weighted by Crippen LogP contribution is 2.17. The van der Waals surface area contributed by atoms with Crippen LogP contribution in [0.1, 0.15) is 15.9 Å². The lowest BCUT2D eigenvalue weighted by molar-refractivity contribution is -0.128. The van der Waals surface area contributed by atoms with E-state index in [1.165, 1.54) is 18.9 Å². The number of rotatable bonds is 6. The van der Waals surface area contributed by atoms with Crippen molar-refractivity contribution in [3.8, 4) is 6.07 Å². The molecule has 1 amide bonds. The van der Waals surface area contributed by atoms with E-state index in [1.54, 1.807) is 29.2 Å². The molecule has 7 heteroatoms. The smallest absolute Gasteiger partial charge is 0.339 e. The van der Waals surface area contributed by atoms with E-state index in [2.05, 4.69) is 22.3 Å². The van der Waals surface area contributed by atoms with Gasteiger partial charge in [-0.3, -0.25) is 9.69 Å². The van der Waals surface area contributed by atoms with Gasteiger partial charge in [0.05, 0.1) is 18.4 Å². The Balaban J connectivity index is 1.60. The molecule has 154 valence electrons. The van der Waals surface area contributed by atoms with E-state index in [0.29, 0.717) is 24.3 Å². The Hall–Kier alpha value is -3.63. The van der Waals surface area contributed by atoms with Crippen LogP contribution in [0.4, 0.5) is 5.69 Å². The van der Waals surface area contributed by atoms with E-state index in [9.17, 15) is 14.9 Å². The second kappa shape index (κ2) is 10.2. The fraction of sp³-hybridized carbons (Fsp3) is 0.261. The molecule has 1 N–H and O–H groups in total. The summed E-state index contributed by atoms with van der Waals surface area (Å²) in [5.41, 5.74) is 2.03. The van der Waals surface area contributed by atoms with Crippen molar-refractivity contribution in [2.45, 2.75) is 6.54 Å². The highest BCUT2D eigenvalue weighted by Gasteiger charge is 2.24. The topological polar surface area (TPSA) is 85.7 Å². The summed E-state index contributed by atoms with van der Waals surface area (Å²) >= 11 is 0. The molecule has 30 heavy (non-hydrogen) atoms. The number of nitrogens with one attached hydrogen (secondary N) is 1. The quantitative estimate of drug-likeness (QED) is 0.453. The molecular weight excluding hydrogens is 380 g/mol. The number of ether oxygens (including phenoxy) is 1. The second-order valence-corrected chi connectivity index (χ2v) is 6.91. The Bertz CT molecular complexity index is 958. The van der Waals surface area contributed by atoms with Crippen molar-refractivity contribution in [1.82, 2.24) is 9.80 Å². The van der Waals surface area contributed by atoms with Crippen molar-refractivity contribution < 1.29 is 14.3 Å². The molecule has 0 aromatic heterocycles. The zero-order valence-electron chi connectivity index (χ0n) is 16.9. The lowest BCUT2D eigenvalue weighted by Gasteiger charge is -2.34. The maximum Gasteiger partial charge on any atom is 0.339 e. The van der Waals surface area contributed by atoms with Gasteiger partial charge in [-0.05, 0) is 17.7 Å². The van der Waals surface area contributed by atoms with Crippen LogP contribution >= 0.6 is 0 Å². The number of methoxy groups -OCH3 is 1. The number of esters is 1. The Kier molecular flexibility index (Phi) is 7.19. The van der Waals surface area contributed by atoms with Crippen LogP contribution in [0.2, 0.25) is 0 Å². The van der Waals surface area contributed by atoms with Crippen LogP contribution < -0.4 is 5.32 Å². The average molecular weight is 404 g/mol. The number of amides is 1. The van der Waals surface area contributed by atoms with E-state index in [1.807, 2.05) is 24.3 Å². The highest BCUT2D eigenvalue weighted by atomic mass is 16.5. The third kappa shape index (κ3) is 5.25. The first-order valence-corrected chi connectivity index (χ1v) is 9.72. The molecule has 7 nitrogen and oxygen atoms in total. The molecule has 3 rings (SSSR count). The summed E-state index contributed by atoms with van der Waals surface area (Å²) in [4.78, 5) is 28.6. The molecule has 0 saturated carbocycles. The van der Waals surface area contributed by atoms with Crippen molar-refractivity contribution >= 4 is 17.6 Å². The number of piperazine rings is 1. The minimum Gasteiger partial charge on any atom is -0.465 e. The lowest BCUT2D eigenvalue weighted by atomic mass is 10.1. The molecule has 0 bridgehead atoms. The normalized spacial score (nSPS) is 14.7. The minimum atomic E-state index is -0.495. The number of carbonyl (C=O) groups excluding carboxylic acids is 2. The number of para-hydroxylation sites is 1. The van der Waals surface area contributed by atoms with E-state index in [-0.39, 0.29) is 11.5 Å². The zero-order chi connectivity index (χ0) is 21.3. The van der Waals surface area contributed by atoms with Crippen LogP contribution in [-0.2, 0) is 16.1 Å². The van der Waals surface area contributed by atoms with Gasteiger partial charge in [-0.15, -0.1) is 0 Å². The van der Waals surface area contributed by atoms with Gasteiger partial charge in [0, 0.05) is 38.9 Å². The zero-order valence-corrected chi connectivity index (χ0v) is 16.9. The molecule has 1 heterocycles. The maximum absolute atomic E-state index is 12.8. The van der Waals surface area contributed by atoms with Crippen LogP contribution in [0.25, 0.3) is 0 Å². The van der Waals surface area contributed by atoms with Gasteiger partial charge in [-0.1, -0.05) is 42.5 Å².